The smallest absolute Gasteiger partial charge is 0.472 e. The van der Waals surface area contributed by atoms with Gasteiger partial charge in [-0.15, -0.1) is 0 Å². The first-order valence-corrected chi connectivity index (χ1v) is 9.47. The number of amides is 1. The molecule has 162 valence electrons. The molecule has 2 aromatic rings. The highest BCUT2D eigenvalue weighted by atomic mass is 19.4. The number of rotatable bonds is 4. The van der Waals surface area contributed by atoms with Crippen LogP contribution in [0.3, 0.4) is 0 Å². The van der Waals surface area contributed by atoms with Gasteiger partial charge < -0.3 is 9.84 Å². The third kappa shape index (κ3) is 3.81. The Balaban J connectivity index is 2.12. The van der Waals surface area contributed by atoms with Crippen molar-refractivity contribution < 1.29 is 32.6 Å². The topological polar surface area (TPSA) is 70.1 Å². The summed E-state index contributed by atoms with van der Waals surface area (Å²) in [5.74, 6) is -3.38. The highest BCUT2D eigenvalue weighted by molar-refractivity contribution is 5.89. The molecule has 1 amide bonds. The van der Waals surface area contributed by atoms with E-state index in [4.69, 9.17) is 4.74 Å². The van der Waals surface area contributed by atoms with E-state index in [2.05, 4.69) is 0 Å². The van der Waals surface area contributed by atoms with E-state index in [0.717, 1.165) is 10.4 Å². The van der Waals surface area contributed by atoms with E-state index in [9.17, 15) is 27.9 Å². The van der Waals surface area contributed by atoms with Crippen molar-refractivity contribution in [2.75, 3.05) is 6.54 Å². The van der Waals surface area contributed by atoms with Gasteiger partial charge in [0.2, 0.25) is 0 Å². The maximum absolute atomic E-state index is 13.4. The summed E-state index contributed by atoms with van der Waals surface area (Å²) in [4.78, 5) is 24.7. The Morgan fingerprint density at radius 3 is 2.33 bits per heavy atom. The number of alkyl halides is 3. The number of benzene rings is 2. The zero-order valence-electron chi connectivity index (χ0n) is 16.9. The summed E-state index contributed by atoms with van der Waals surface area (Å²) in [7, 11) is 0. The average molecular weight is 424 g/mol. The van der Waals surface area contributed by atoms with Gasteiger partial charge in [-0.25, -0.2) is 4.79 Å². The standard InChI is InChI=1S/C21H23F3N2O4/c1-19(2,3)26(17(27)21(22,23)24)25-13-7-12-20(25,18(28)29)30-16-11-6-9-14-8-4-5-10-15(14)16/h4-6,8-11H,7,12-13H2,1-3H3,(H,28,29)/t20-/m0/s1. The highest BCUT2D eigenvalue weighted by Crippen LogP contribution is 2.40. The van der Waals surface area contributed by atoms with E-state index in [1.165, 1.54) is 20.8 Å². The number of halogens is 3. The van der Waals surface area contributed by atoms with Gasteiger partial charge in [-0.2, -0.15) is 18.2 Å². The minimum absolute atomic E-state index is 0.0733. The second kappa shape index (κ2) is 7.46. The van der Waals surface area contributed by atoms with E-state index in [-0.39, 0.29) is 25.1 Å². The molecule has 6 nitrogen and oxygen atoms in total. The second-order valence-electron chi connectivity index (χ2n) is 8.18. The normalized spacial score (nSPS) is 20.3. The van der Waals surface area contributed by atoms with Crippen LogP contribution in [0.4, 0.5) is 13.2 Å². The number of carboxylic acids is 1. The van der Waals surface area contributed by atoms with Gasteiger partial charge in [-0.05, 0) is 38.6 Å². The number of carbonyl (C=O) groups is 2. The Labute approximate surface area is 171 Å². The summed E-state index contributed by atoms with van der Waals surface area (Å²) in [6.45, 7) is 4.18. The Morgan fingerprint density at radius 1 is 1.10 bits per heavy atom. The molecule has 1 aliphatic rings. The maximum atomic E-state index is 13.4. The van der Waals surface area contributed by atoms with Gasteiger partial charge in [0.25, 0.3) is 5.72 Å². The fourth-order valence-electron chi connectivity index (χ4n) is 3.77. The van der Waals surface area contributed by atoms with Gasteiger partial charge >= 0.3 is 18.1 Å². The summed E-state index contributed by atoms with van der Waals surface area (Å²) in [5, 5.41) is 12.9. The van der Waals surface area contributed by atoms with E-state index >= 15 is 0 Å². The molecule has 0 radical (unpaired) electrons. The predicted molar refractivity (Wildman–Crippen MR) is 104 cm³/mol. The minimum atomic E-state index is -5.17. The van der Waals surface area contributed by atoms with Gasteiger partial charge in [0, 0.05) is 18.4 Å². The number of hydrazine groups is 1. The maximum Gasteiger partial charge on any atom is 0.472 e. The number of nitrogens with zero attached hydrogens (tertiary/aromatic N) is 2. The van der Waals surface area contributed by atoms with E-state index in [1.807, 2.05) is 18.2 Å². The molecule has 0 saturated carbocycles. The van der Waals surface area contributed by atoms with Crippen molar-refractivity contribution in [3.8, 4) is 5.75 Å². The van der Waals surface area contributed by atoms with Crippen LogP contribution in [-0.4, -0.2) is 51.0 Å². The summed E-state index contributed by atoms with van der Waals surface area (Å²) in [5.41, 5.74) is -3.49. The molecule has 3 rings (SSSR count). The van der Waals surface area contributed by atoms with Crippen molar-refractivity contribution >= 4 is 22.6 Å². The van der Waals surface area contributed by atoms with Crippen LogP contribution in [0.5, 0.6) is 5.75 Å². The van der Waals surface area contributed by atoms with Crippen LogP contribution in [0.1, 0.15) is 33.6 Å². The molecule has 1 saturated heterocycles. The molecule has 1 aliphatic heterocycles. The Hall–Kier alpha value is -2.81. The molecule has 2 aromatic carbocycles. The average Bonchev–Trinajstić information content (AvgIpc) is 3.04. The third-order valence-electron chi connectivity index (χ3n) is 4.98. The molecule has 1 heterocycles. The van der Waals surface area contributed by atoms with E-state index in [0.29, 0.717) is 10.4 Å². The molecular formula is C21H23F3N2O4. The lowest BCUT2D eigenvalue weighted by atomic mass is 10.1. The van der Waals surface area contributed by atoms with Crippen molar-refractivity contribution in [1.29, 1.82) is 0 Å². The molecule has 0 spiro atoms. The lowest BCUT2D eigenvalue weighted by Crippen LogP contribution is -2.68. The molecule has 30 heavy (non-hydrogen) atoms. The van der Waals surface area contributed by atoms with Crippen LogP contribution >= 0.6 is 0 Å². The van der Waals surface area contributed by atoms with Gasteiger partial charge in [0.1, 0.15) is 5.75 Å². The first-order chi connectivity index (χ1) is 13.9. The van der Waals surface area contributed by atoms with Gasteiger partial charge in [0.05, 0.1) is 5.54 Å². The quantitative estimate of drug-likeness (QED) is 0.797. The van der Waals surface area contributed by atoms with Gasteiger partial charge in [-0.3, -0.25) is 9.80 Å². The lowest BCUT2D eigenvalue weighted by Gasteiger charge is -2.47. The molecular weight excluding hydrogens is 401 g/mol. The van der Waals surface area contributed by atoms with Crippen molar-refractivity contribution in [2.24, 2.45) is 0 Å². The number of hydrogen-bond donors (Lipinski definition) is 1. The Bertz CT molecular complexity index is 965. The van der Waals surface area contributed by atoms with Crippen molar-refractivity contribution in [1.82, 2.24) is 10.0 Å². The molecule has 1 atom stereocenters. The minimum Gasteiger partial charge on any atom is -0.477 e. The van der Waals surface area contributed by atoms with Crippen LogP contribution in [0.15, 0.2) is 42.5 Å². The largest absolute Gasteiger partial charge is 0.477 e. The summed E-state index contributed by atoms with van der Waals surface area (Å²) >= 11 is 0. The van der Waals surface area contributed by atoms with Crippen LogP contribution in [0, 0.1) is 0 Å². The van der Waals surface area contributed by atoms with Gasteiger partial charge in [-0.1, -0.05) is 36.4 Å². The molecule has 1 fully saturated rings. The van der Waals surface area contributed by atoms with Crippen LogP contribution < -0.4 is 4.74 Å². The first kappa shape index (κ1) is 21.9. The number of carboxylic acid groups (broad SMARTS) is 1. The third-order valence-corrected chi connectivity index (χ3v) is 4.98. The molecule has 0 aromatic heterocycles. The molecule has 0 bridgehead atoms. The second-order valence-corrected chi connectivity index (χ2v) is 8.18. The zero-order chi connectivity index (χ0) is 22.3. The van der Waals surface area contributed by atoms with Crippen molar-refractivity contribution in [3.05, 3.63) is 42.5 Å². The summed E-state index contributed by atoms with van der Waals surface area (Å²) in [6.07, 6.45) is -5.00. The van der Waals surface area contributed by atoms with Crippen LogP contribution in [0.25, 0.3) is 10.8 Å². The zero-order valence-corrected chi connectivity index (χ0v) is 16.9. The van der Waals surface area contributed by atoms with E-state index < -0.39 is 29.3 Å². The lowest BCUT2D eigenvalue weighted by molar-refractivity contribution is -0.243. The highest BCUT2D eigenvalue weighted by Gasteiger charge is 2.59. The summed E-state index contributed by atoms with van der Waals surface area (Å²) < 4.78 is 46.0. The number of hydrogen-bond acceptors (Lipinski definition) is 4. The van der Waals surface area contributed by atoms with Crippen molar-refractivity contribution in [2.45, 2.75) is 51.1 Å². The molecule has 0 aliphatic carbocycles. The van der Waals surface area contributed by atoms with E-state index in [1.54, 1.807) is 24.3 Å². The number of carbonyl (C=O) groups excluding carboxylic acids is 1. The predicted octanol–water partition coefficient (Wildman–Crippen LogP) is 4.20. The Kier molecular flexibility index (Phi) is 5.44. The molecule has 0 unspecified atom stereocenters. The molecule has 1 N–H and O–H groups in total. The fourth-order valence-corrected chi connectivity index (χ4v) is 3.77. The van der Waals surface area contributed by atoms with Crippen LogP contribution in [-0.2, 0) is 9.59 Å². The number of fused-ring (bicyclic) bond motifs is 1. The first-order valence-electron chi connectivity index (χ1n) is 9.47. The Morgan fingerprint density at radius 2 is 1.73 bits per heavy atom. The molecule has 9 heteroatoms. The van der Waals surface area contributed by atoms with Gasteiger partial charge in [0.15, 0.2) is 0 Å². The van der Waals surface area contributed by atoms with Crippen molar-refractivity contribution in [3.63, 3.8) is 0 Å². The monoisotopic (exact) mass is 424 g/mol. The SMILES string of the molecule is CC(C)(C)N(C(=O)C(F)(F)F)N1CCC[C@]1(Oc1cccc2ccccc12)C(=O)O. The number of ether oxygens (including phenoxy) is 1. The van der Waals surface area contributed by atoms with Crippen LogP contribution in [0.2, 0.25) is 0 Å². The number of aliphatic carboxylic acids is 1. The summed E-state index contributed by atoms with van der Waals surface area (Å²) in [6, 6.07) is 12.2. The fraction of sp³-hybridized carbons (Fsp3) is 0.429.